The number of benzene rings is 2. The lowest BCUT2D eigenvalue weighted by molar-refractivity contribution is -0.0380. The third-order valence-corrected chi connectivity index (χ3v) is 2.52. The lowest BCUT2D eigenvalue weighted by Crippen LogP contribution is -2.29. The summed E-state index contributed by atoms with van der Waals surface area (Å²) in [4.78, 5) is 8.24. The van der Waals surface area contributed by atoms with Gasteiger partial charge < -0.3 is 10.4 Å². The standard InChI is InChI=1S/C15H14N3O2/c19-18(20)15(11-16-13-7-3-1-4-8-13)12-17-14-9-5-2-6-10-14/h1-12,15,19H/q-1. The molecule has 0 spiro atoms. The van der Waals surface area contributed by atoms with Crippen LogP contribution in [-0.2, 0) is 0 Å². The molecule has 0 radical (unpaired) electrons. The Morgan fingerprint density at radius 1 is 0.850 bits per heavy atom. The van der Waals surface area contributed by atoms with Crippen LogP contribution in [0.3, 0.4) is 0 Å². The molecule has 102 valence electrons. The second kappa shape index (κ2) is 7.30. The fraction of sp³-hybridized carbons (Fsp3) is 0.0667. The number of aliphatic imine (C=N–C) groups is 2. The topological polar surface area (TPSA) is 71.2 Å². The van der Waals surface area contributed by atoms with E-state index < -0.39 is 6.04 Å². The average Bonchev–Trinajstić information content (AvgIpc) is 2.49. The Bertz CT molecular complexity index is 519. The Morgan fingerprint density at radius 3 is 1.60 bits per heavy atom. The molecule has 0 saturated carbocycles. The van der Waals surface area contributed by atoms with Crippen LogP contribution in [0.4, 0.5) is 11.4 Å². The lowest BCUT2D eigenvalue weighted by Gasteiger charge is -2.24. The highest BCUT2D eigenvalue weighted by molar-refractivity contribution is 5.90. The maximum atomic E-state index is 11.1. The van der Waals surface area contributed by atoms with Crippen molar-refractivity contribution in [2.45, 2.75) is 6.04 Å². The molecular weight excluding hydrogens is 254 g/mol. The van der Waals surface area contributed by atoms with Gasteiger partial charge in [-0.1, -0.05) is 36.4 Å². The highest BCUT2D eigenvalue weighted by Crippen LogP contribution is 2.11. The summed E-state index contributed by atoms with van der Waals surface area (Å²) < 4.78 is 0. The van der Waals surface area contributed by atoms with Gasteiger partial charge in [0.05, 0.1) is 17.4 Å². The minimum atomic E-state index is -0.935. The van der Waals surface area contributed by atoms with Crippen LogP contribution in [0.5, 0.6) is 0 Å². The minimum absolute atomic E-state index is 0.182. The molecule has 0 aliphatic rings. The molecule has 0 bridgehead atoms. The van der Waals surface area contributed by atoms with Gasteiger partial charge >= 0.3 is 0 Å². The molecule has 0 fully saturated rings. The maximum absolute atomic E-state index is 11.1. The number of para-hydroxylation sites is 2. The van der Waals surface area contributed by atoms with Crippen LogP contribution in [0.2, 0.25) is 0 Å². The zero-order valence-electron chi connectivity index (χ0n) is 10.7. The van der Waals surface area contributed by atoms with Crippen LogP contribution in [0.15, 0.2) is 70.6 Å². The van der Waals surface area contributed by atoms with E-state index in [0.717, 1.165) is 0 Å². The van der Waals surface area contributed by atoms with Gasteiger partial charge in [-0.05, 0) is 24.3 Å². The van der Waals surface area contributed by atoms with Gasteiger partial charge in [-0.15, -0.1) is 0 Å². The van der Waals surface area contributed by atoms with Gasteiger partial charge in [0, 0.05) is 12.4 Å². The van der Waals surface area contributed by atoms with Crippen molar-refractivity contribution in [2.24, 2.45) is 9.98 Å². The predicted molar refractivity (Wildman–Crippen MR) is 80.0 cm³/mol. The van der Waals surface area contributed by atoms with Gasteiger partial charge in [0.1, 0.15) is 0 Å². The van der Waals surface area contributed by atoms with Crippen molar-refractivity contribution in [2.75, 3.05) is 0 Å². The van der Waals surface area contributed by atoms with Gasteiger partial charge in [-0.25, -0.2) is 0 Å². The first-order chi connectivity index (χ1) is 9.75. The normalized spacial score (nSPS) is 13.3. The van der Waals surface area contributed by atoms with Crippen molar-refractivity contribution >= 4 is 23.8 Å². The molecule has 0 aromatic heterocycles. The fourth-order valence-electron chi connectivity index (χ4n) is 1.51. The first-order valence-electron chi connectivity index (χ1n) is 6.09. The smallest absolute Gasteiger partial charge is 0.0920 e. The first-order valence-corrected chi connectivity index (χ1v) is 6.09. The van der Waals surface area contributed by atoms with E-state index in [-0.39, 0.29) is 5.23 Å². The summed E-state index contributed by atoms with van der Waals surface area (Å²) in [6, 6.07) is 17.4. The molecule has 0 saturated heterocycles. The SMILES string of the molecule is [O-]N(O)C(C=Nc1ccccc1)C=Nc1ccccc1. The summed E-state index contributed by atoms with van der Waals surface area (Å²) in [6.45, 7) is 0. The summed E-state index contributed by atoms with van der Waals surface area (Å²) in [5.74, 6) is 0. The van der Waals surface area contributed by atoms with E-state index in [1.807, 2.05) is 36.4 Å². The molecule has 2 aromatic carbocycles. The van der Waals surface area contributed by atoms with Crippen LogP contribution in [0, 0.1) is 5.21 Å². The third-order valence-electron chi connectivity index (χ3n) is 2.52. The maximum Gasteiger partial charge on any atom is 0.0920 e. The van der Waals surface area contributed by atoms with Gasteiger partial charge in [-0.2, -0.15) is 0 Å². The van der Waals surface area contributed by atoms with E-state index in [1.54, 1.807) is 24.3 Å². The summed E-state index contributed by atoms with van der Waals surface area (Å²) in [6.07, 6.45) is 2.68. The highest BCUT2D eigenvalue weighted by atomic mass is 16.8. The van der Waals surface area contributed by atoms with Crippen molar-refractivity contribution < 1.29 is 5.21 Å². The Kier molecular flexibility index (Phi) is 5.14. The van der Waals surface area contributed by atoms with Gasteiger partial charge in [-0.3, -0.25) is 15.2 Å². The van der Waals surface area contributed by atoms with Crippen LogP contribution < -0.4 is 0 Å². The first kappa shape index (κ1) is 14.1. The lowest BCUT2D eigenvalue weighted by atomic mass is 10.3. The number of hydrogen-bond donors (Lipinski definition) is 1. The molecule has 2 aromatic rings. The zero-order valence-corrected chi connectivity index (χ0v) is 10.7. The van der Waals surface area contributed by atoms with Crippen molar-refractivity contribution in [3.05, 3.63) is 65.9 Å². The molecule has 20 heavy (non-hydrogen) atoms. The molecule has 5 heteroatoms. The Labute approximate surface area is 117 Å². The van der Waals surface area contributed by atoms with Gasteiger partial charge in [0.2, 0.25) is 0 Å². The summed E-state index contributed by atoms with van der Waals surface area (Å²) in [5, 5.41) is 20.0. The van der Waals surface area contributed by atoms with E-state index in [2.05, 4.69) is 9.98 Å². The summed E-state index contributed by atoms with van der Waals surface area (Å²) >= 11 is 0. The minimum Gasteiger partial charge on any atom is -0.761 e. The predicted octanol–water partition coefficient (Wildman–Crippen LogP) is 3.35. The van der Waals surface area contributed by atoms with E-state index in [0.29, 0.717) is 11.4 Å². The van der Waals surface area contributed by atoms with Gasteiger partial charge in [0.25, 0.3) is 0 Å². The third kappa shape index (κ3) is 4.40. The Morgan fingerprint density at radius 2 is 1.25 bits per heavy atom. The van der Waals surface area contributed by atoms with Gasteiger partial charge in [0.15, 0.2) is 0 Å². The summed E-state index contributed by atoms with van der Waals surface area (Å²) in [5.41, 5.74) is 1.40. The number of hydroxylamine groups is 2. The highest BCUT2D eigenvalue weighted by Gasteiger charge is 2.02. The number of nitrogens with zero attached hydrogens (tertiary/aromatic N) is 3. The van der Waals surface area contributed by atoms with Crippen LogP contribution in [0.1, 0.15) is 0 Å². The van der Waals surface area contributed by atoms with Crippen molar-refractivity contribution in [1.82, 2.24) is 5.23 Å². The van der Waals surface area contributed by atoms with E-state index in [4.69, 9.17) is 5.21 Å². The van der Waals surface area contributed by atoms with Crippen LogP contribution in [-0.4, -0.2) is 28.9 Å². The molecule has 0 aliphatic carbocycles. The number of rotatable bonds is 5. The summed E-state index contributed by atoms with van der Waals surface area (Å²) in [7, 11) is 0. The molecule has 0 aliphatic heterocycles. The van der Waals surface area contributed by atoms with Crippen LogP contribution in [0.25, 0.3) is 0 Å². The van der Waals surface area contributed by atoms with Crippen molar-refractivity contribution in [1.29, 1.82) is 0 Å². The average molecular weight is 268 g/mol. The Hall–Kier alpha value is -2.34. The van der Waals surface area contributed by atoms with Crippen molar-refractivity contribution in [3.8, 4) is 0 Å². The molecule has 5 nitrogen and oxygen atoms in total. The molecule has 2 rings (SSSR count). The quantitative estimate of drug-likeness (QED) is 0.667. The molecular formula is C15H14N3O2-. The fourth-order valence-corrected chi connectivity index (χ4v) is 1.51. The second-order valence-electron chi connectivity index (χ2n) is 4.02. The monoisotopic (exact) mass is 268 g/mol. The Balaban J connectivity index is 2.08. The van der Waals surface area contributed by atoms with E-state index >= 15 is 0 Å². The largest absolute Gasteiger partial charge is 0.761 e. The zero-order chi connectivity index (χ0) is 14.2. The molecule has 0 unspecified atom stereocenters. The van der Waals surface area contributed by atoms with Crippen molar-refractivity contribution in [3.63, 3.8) is 0 Å². The molecule has 0 heterocycles. The molecule has 0 atom stereocenters. The second-order valence-corrected chi connectivity index (χ2v) is 4.02. The van der Waals surface area contributed by atoms with E-state index in [1.165, 1.54) is 12.4 Å². The van der Waals surface area contributed by atoms with Crippen LogP contribution >= 0.6 is 0 Å². The van der Waals surface area contributed by atoms with E-state index in [9.17, 15) is 5.21 Å². The number of hydrogen-bond acceptors (Lipinski definition) is 5. The molecule has 0 amide bonds. The molecule has 1 N–H and O–H groups in total.